The molecule has 1 aromatic rings. The lowest BCUT2D eigenvalue weighted by molar-refractivity contribution is 0.317. The quantitative estimate of drug-likeness (QED) is 0.472. The van der Waals surface area contributed by atoms with Crippen molar-refractivity contribution >= 4 is 11.4 Å². The zero-order chi connectivity index (χ0) is 13.1. The van der Waals surface area contributed by atoms with Gasteiger partial charge in [0.1, 0.15) is 0 Å². The van der Waals surface area contributed by atoms with Crippen LogP contribution in [0.25, 0.3) is 0 Å². The van der Waals surface area contributed by atoms with Gasteiger partial charge in [0.2, 0.25) is 0 Å². The third-order valence-corrected chi connectivity index (χ3v) is 4.50. The van der Waals surface area contributed by atoms with E-state index in [0.717, 1.165) is 24.2 Å². The minimum atomic E-state index is 0.670. The summed E-state index contributed by atoms with van der Waals surface area (Å²) in [5, 5.41) is 12.6. The van der Waals surface area contributed by atoms with Crippen LogP contribution in [-0.4, -0.2) is 23.5 Å². The van der Waals surface area contributed by atoms with Gasteiger partial charge in [0.15, 0.2) is 0 Å². The van der Waals surface area contributed by atoms with Gasteiger partial charge in [-0.25, -0.2) is 0 Å². The maximum atomic E-state index is 9.15. The van der Waals surface area contributed by atoms with Gasteiger partial charge < -0.3 is 10.1 Å². The highest BCUT2D eigenvalue weighted by atomic mass is 16.4. The summed E-state index contributed by atoms with van der Waals surface area (Å²) < 4.78 is 0. The molecule has 3 heteroatoms. The molecule has 3 rings (SSSR count). The third kappa shape index (κ3) is 2.46. The number of rotatable bonds is 1. The molecular formula is C16H22N2O. The van der Waals surface area contributed by atoms with E-state index in [4.69, 9.17) is 5.21 Å². The lowest BCUT2D eigenvalue weighted by atomic mass is 9.96. The Labute approximate surface area is 114 Å². The monoisotopic (exact) mass is 258 g/mol. The molecule has 0 amide bonds. The van der Waals surface area contributed by atoms with E-state index in [0.29, 0.717) is 6.04 Å². The molecule has 102 valence electrons. The summed E-state index contributed by atoms with van der Waals surface area (Å²) in [5.41, 5.74) is 3.20. The van der Waals surface area contributed by atoms with Crippen molar-refractivity contribution < 1.29 is 5.21 Å². The molecule has 1 heterocycles. The van der Waals surface area contributed by atoms with Gasteiger partial charge in [-0.1, -0.05) is 49.0 Å². The molecule has 0 bridgehead atoms. The minimum Gasteiger partial charge on any atom is -0.411 e. The summed E-state index contributed by atoms with van der Waals surface area (Å²) in [7, 11) is 0. The van der Waals surface area contributed by atoms with E-state index in [1.54, 1.807) is 0 Å². The van der Waals surface area contributed by atoms with Crippen molar-refractivity contribution in [3.63, 3.8) is 0 Å². The minimum absolute atomic E-state index is 0.670. The molecule has 1 fully saturated rings. The van der Waals surface area contributed by atoms with E-state index in [2.05, 4.69) is 28.3 Å². The fourth-order valence-corrected chi connectivity index (χ4v) is 3.50. The van der Waals surface area contributed by atoms with E-state index in [9.17, 15) is 0 Å². The smallest absolute Gasteiger partial charge is 0.0906 e. The zero-order valence-electron chi connectivity index (χ0n) is 11.4. The van der Waals surface area contributed by atoms with Crippen LogP contribution in [0.3, 0.4) is 0 Å². The summed E-state index contributed by atoms with van der Waals surface area (Å²) in [5.74, 6) is 0. The molecule has 1 N–H and O–H groups in total. The van der Waals surface area contributed by atoms with Gasteiger partial charge >= 0.3 is 0 Å². The number of oxime groups is 1. The average Bonchev–Trinajstić information content (AvgIpc) is 2.75. The van der Waals surface area contributed by atoms with E-state index >= 15 is 0 Å². The van der Waals surface area contributed by atoms with E-state index in [-0.39, 0.29) is 0 Å². The first-order valence-electron chi connectivity index (χ1n) is 7.47. The normalized spacial score (nSPS) is 23.2. The summed E-state index contributed by atoms with van der Waals surface area (Å²) in [6.45, 7) is 0.987. The highest BCUT2D eigenvalue weighted by Crippen LogP contribution is 2.33. The van der Waals surface area contributed by atoms with Gasteiger partial charge in [0, 0.05) is 30.3 Å². The molecule has 0 atom stereocenters. The van der Waals surface area contributed by atoms with Crippen LogP contribution in [-0.2, 0) is 0 Å². The topological polar surface area (TPSA) is 35.8 Å². The van der Waals surface area contributed by atoms with Crippen molar-refractivity contribution in [3.8, 4) is 0 Å². The average molecular weight is 258 g/mol. The molecule has 1 aromatic carbocycles. The SMILES string of the molecule is O/N=C1/CCN(C2CCCCCC2)c2ccccc21. The number of nitrogens with zero attached hydrogens (tertiary/aromatic N) is 2. The molecule has 1 aliphatic heterocycles. The highest BCUT2D eigenvalue weighted by Gasteiger charge is 2.27. The molecule has 0 radical (unpaired) electrons. The Kier molecular flexibility index (Phi) is 3.72. The van der Waals surface area contributed by atoms with Crippen molar-refractivity contribution in [2.75, 3.05) is 11.4 Å². The Morgan fingerprint density at radius 1 is 1.05 bits per heavy atom. The second kappa shape index (κ2) is 5.64. The van der Waals surface area contributed by atoms with Crippen LogP contribution in [0.1, 0.15) is 50.5 Å². The van der Waals surface area contributed by atoms with E-state index in [1.165, 1.54) is 44.2 Å². The van der Waals surface area contributed by atoms with Gasteiger partial charge in [0.25, 0.3) is 0 Å². The molecular weight excluding hydrogens is 236 g/mol. The number of para-hydroxylation sites is 1. The van der Waals surface area contributed by atoms with Crippen molar-refractivity contribution in [2.24, 2.45) is 5.16 Å². The molecule has 0 aromatic heterocycles. The number of benzene rings is 1. The standard InChI is InChI=1S/C16H22N2O/c19-17-15-11-12-18(13-7-3-1-2-4-8-13)16-10-6-5-9-14(15)16/h5-6,9-10,13,19H,1-4,7-8,11-12H2/b17-15-. The van der Waals surface area contributed by atoms with Gasteiger partial charge in [-0.15, -0.1) is 0 Å². The lowest BCUT2D eigenvalue weighted by Crippen LogP contribution is -2.40. The predicted octanol–water partition coefficient (Wildman–Crippen LogP) is 3.80. The maximum Gasteiger partial charge on any atom is 0.0906 e. The molecule has 1 aliphatic carbocycles. The van der Waals surface area contributed by atoms with Gasteiger partial charge in [-0.05, 0) is 18.9 Å². The van der Waals surface area contributed by atoms with Crippen molar-refractivity contribution in [2.45, 2.75) is 51.0 Å². The zero-order valence-corrected chi connectivity index (χ0v) is 11.4. The number of fused-ring (bicyclic) bond motifs is 1. The van der Waals surface area contributed by atoms with Crippen LogP contribution in [0.15, 0.2) is 29.4 Å². The van der Waals surface area contributed by atoms with Crippen LogP contribution < -0.4 is 4.90 Å². The molecule has 3 nitrogen and oxygen atoms in total. The first kappa shape index (κ1) is 12.5. The van der Waals surface area contributed by atoms with Gasteiger partial charge in [-0.3, -0.25) is 0 Å². The van der Waals surface area contributed by atoms with Crippen LogP contribution >= 0.6 is 0 Å². The predicted molar refractivity (Wildman–Crippen MR) is 78.2 cm³/mol. The summed E-state index contributed by atoms with van der Waals surface area (Å²) in [6.07, 6.45) is 8.93. The molecule has 0 saturated heterocycles. The number of hydrogen-bond donors (Lipinski definition) is 1. The Morgan fingerprint density at radius 2 is 1.79 bits per heavy atom. The van der Waals surface area contributed by atoms with E-state index < -0.39 is 0 Å². The second-order valence-electron chi connectivity index (χ2n) is 5.65. The summed E-state index contributed by atoms with van der Waals surface area (Å²) in [4.78, 5) is 2.55. The summed E-state index contributed by atoms with van der Waals surface area (Å²) >= 11 is 0. The Balaban J connectivity index is 1.91. The molecule has 0 unspecified atom stereocenters. The van der Waals surface area contributed by atoms with Crippen molar-refractivity contribution in [1.29, 1.82) is 0 Å². The lowest BCUT2D eigenvalue weighted by Gasteiger charge is -2.38. The number of hydrogen-bond acceptors (Lipinski definition) is 3. The fourth-order valence-electron chi connectivity index (χ4n) is 3.50. The van der Waals surface area contributed by atoms with Crippen LogP contribution in [0, 0.1) is 0 Å². The van der Waals surface area contributed by atoms with Gasteiger partial charge in [-0.2, -0.15) is 0 Å². The fraction of sp³-hybridized carbons (Fsp3) is 0.562. The first-order chi connectivity index (χ1) is 9.40. The molecule has 2 aliphatic rings. The molecule has 19 heavy (non-hydrogen) atoms. The van der Waals surface area contributed by atoms with Crippen LogP contribution in [0.5, 0.6) is 0 Å². The Hall–Kier alpha value is -1.51. The Morgan fingerprint density at radius 3 is 2.53 bits per heavy atom. The number of anilines is 1. The largest absolute Gasteiger partial charge is 0.411 e. The second-order valence-corrected chi connectivity index (χ2v) is 5.65. The molecule has 1 saturated carbocycles. The summed E-state index contributed by atoms with van der Waals surface area (Å²) in [6, 6.07) is 9.03. The first-order valence-corrected chi connectivity index (χ1v) is 7.47. The van der Waals surface area contributed by atoms with Gasteiger partial charge in [0.05, 0.1) is 5.71 Å². The third-order valence-electron chi connectivity index (χ3n) is 4.50. The molecule has 0 spiro atoms. The van der Waals surface area contributed by atoms with E-state index in [1.807, 2.05) is 6.07 Å². The Bertz CT molecular complexity index is 462. The van der Waals surface area contributed by atoms with Crippen LogP contribution in [0.4, 0.5) is 5.69 Å². The highest BCUT2D eigenvalue weighted by molar-refractivity contribution is 6.06. The van der Waals surface area contributed by atoms with Crippen molar-refractivity contribution in [1.82, 2.24) is 0 Å². The van der Waals surface area contributed by atoms with Crippen LogP contribution in [0.2, 0.25) is 0 Å². The van der Waals surface area contributed by atoms with Crippen molar-refractivity contribution in [3.05, 3.63) is 29.8 Å². The maximum absolute atomic E-state index is 9.15.